The van der Waals surface area contributed by atoms with Crippen LogP contribution in [-0.2, 0) is 16.4 Å². The Morgan fingerprint density at radius 3 is 2.38 bits per heavy atom. The highest BCUT2D eigenvalue weighted by Gasteiger charge is 2.14. The van der Waals surface area contributed by atoms with Gasteiger partial charge >= 0.3 is 0 Å². The molecule has 0 unspecified atom stereocenters. The first-order valence-electron chi connectivity index (χ1n) is 4.08. The molecule has 0 saturated heterocycles. The summed E-state index contributed by atoms with van der Waals surface area (Å²) in [6.45, 7) is 3.66. The van der Waals surface area contributed by atoms with Crippen molar-refractivity contribution in [1.29, 1.82) is 0 Å². The van der Waals surface area contributed by atoms with Gasteiger partial charge in [-0.2, -0.15) is 0 Å². The fraction of sp³-hybridized carbons (Fsp3) is 0.333. The van der Waals surface area contributed by atoms with Crippen LogP contribution in [0.15, 0.2) is 23.1 Å². The number of benzene rings is 1. The first-order valence-corrected chi connectivity index (χ1v) is 5.62. The van der Waals surface area contributed by atoms with Crippen molar-refractivity contribution in [3.8, 4) is 0 Å². The number of rotatable bonds is 2. The average Bonchev–Trinajstić information content (AvgIpc) is 2.01. The van der Waals surface area contributed by atoms with Crippen LogP contribution in [0.4, 0.5) is 0 Å². The molecule has 4 heteroatoms. The second kappa shape index (κ2) is 3.47. The van der Waals surface area contributed by atoms with Gasteiger partial charge in [0.2, 0.25) is 10.0 Å². The summed E-state index contributed by atoms with van der Waals surface area (Å²) in [4.78, 5) is 0.275. The SMILES string of the molecule is CCc1cccc(C)c1S(N)(=O)=O. The molecule has 1 rings (SSSR count). The van der Waals surface area contributed by atoms with Gasteiger partial charge in [-0.25, -0.2) is 13.6 Å². The van der Waals surface area contributed by atoms with Crippen molar-refractivity contribution in [1.82, 2.24) is 0 Å². The van der Waals surface area contributed by atoms with E-state index in [1.807, 2.05) is 13.0 Å². The first kappa shape index (κ1) is 10.2. The summed E-state index contributed by atoms with van der Waals surface area (Å²) in [5.74, 6) is 0. The third-order valence-corrected chi connectivity index (χ3v) is 3.11. The van der Waals surface area contributed by atoms with Gasteiger partial charge in [0.25, 0.3) is 0 Å². The zero-order valence-corrected chi connectivity index (χ0v) is 8.56. The van der Waals surface area contributed by atoms with Crippen LogP contribution < -0.4 is 5.14 Å². The predicted octanol–water partition coefficient (Wildman–Crippen LogP) is 1.20. The molecule has 0 saturated carbocycles. The van der Waals surface area contributed by atoms with Crippen molar-refractivity contribution in [2.24, 2.45) is 5.14 Å². The molecule has 0 bridgehead atoms. The molecule has 0 atom stereocenters. The Morgan fingerprint density at radius 2 is 2.00 bits per heavy atom. The molecule has 0 radical (unpaired) electrons. The first-order chi connectivity index (χ1) is 5.96. The highest BCUT2D eigenvalue weighted by atomic mass is 32.2. The van der Waals surface area contributed by atoms with E-state index in [1.165, 1.54) is 0 Å². The maximum absolute atomic E-state index is 11.2. The quantitative estimate of drug-likeness (QED) is 0.778. The molecule has 72 valence electrons. The van der Waals surface area contributed by atoms with Gasteiger partial charge < -0.3 is 0 Å². The average molecular weight is 199 g/mol. The minimum absolute atomic E-state index is 0.275. The van der Waals surface area contributed by atoms with E-state index in [0.29, 0.717) is 12.0 Å². The summed E-state index contributed by atoms with van der Waals surface area (Å²) in [6, 6.07) is 5.37. The van der Waals surface area contributed by atoms with Gasteiger partial charge in [0.05, 0.1) is 4.90 Å². The van der Waals surface area contributed by atoms with Gasteiger partial charge in [-0.15, -0.1) is 0 Å². The predicted molar refractivity (Wildman–Crippen MR) is 51.9 cm³/mol. The molecule has 1 aromatic rings. The normalized spacial score (nSPS) is 11.6. The highest BCUT2D eigenvalue weighted by molar-refractivity contribution is 7.89. The largest absolute Gasteiger partial charge is 0.238 e. The van der Waals surface area contributed by atoms with Gasteiger partial charge in [-0.3, -0.25) is 0 Å². The molecule has 0 fully saturated rings. The Morgan fingerprint density at radius 1 is 1.38 bits per heavy atom. The number of aryl methyl sites for hydroxylation is 2. The second-order valence-electron chi connectivity index (χ2n) is 2.96. The van der Waals surface area contributed by atoms with Gasteiger partial charge in [0, 0.05) is 0 Å². The molecular formula is C9H13NO2S. The van der Waals surface area contributed by atoms with Gasteiger partial charge in [0.15, 0.2) is 0 Å². The summed E-state index contributed by atoms with van der Waals surface area (Å²) >= 11 is 0. The molecule has 2 N–H and O–H groups in total. The number of nitrogens with two attached hydrogens (primary N) is 1. The lowest BCUT2D eigenvalue weighted by molar-refractivity contribution is 0.596. The molecule has 0 aliphatic heterocycles. The van der Waals surface area contributed by atoms with Crippen LogP contribution in [0.5, 0.6) is 0 Å². The molecular weight excluding hydrogens is 186 g/mol. The monoisotopic (exact) mass is 199 g/mol. The number of hydrogen-bond acceptors (Lipinski definition) is 2. The van der Waals surface area contributed by atoms with Crippen molar-refractivity contribution in [3.05, 3.63) is 29.3 Å². The summed E-state index contributed by atoms with van der Waals surface area (Å²) in [7, 11) is -3.58. The van der Waals surface area contributed by atoms with Gasteiger partial charge in [0.1, 0.15) is 0 Å². The smallest absolute Gasteiger partial charge is 0.225 e. The third-order valence-electron chi connectivity index (χ3n) is 1.96. The Kier molecular flexibility index (Phi) is 2.73. The van der Waals surface area contributed by atoms with Crippen LogP contribution in [0.1, 0.15) is 18.1 Å². The standard InChI is InChI=1S/C9H13NO2S/c1-3-8-6-4-5-7(2)9(8)13(10,11)12/h4-6H,3H2,1-2H3,(H2,10,11,12). The number of primary sulfonamides is 1. The summed E-state index contributed by atoms with van der Waals surface area (Å²) < 4.78 is 22.4. The second-order valence-corrected chi connectivity index (χ2v) is 4.46. The van der Waals surface area contributed by atoms with Gasteiger partial charge in [-0.05, 0) is 24.5 Å². The van der Waals surface area contributed by atoms with Crippen LogP contribution in [0.25, 0.3) is 0 Å². The fourth-order valence-electron chi connectivity index (χ4n) is 1.40. The van der Waals surface area contributed by atoms with Crippen molar-refractivity contribution in [2.75, 3.05) is 0 Å². The van der Waals surface area contributed by atoms with E-state index in [2.05, 4.69) is 0 Å². The van der Waals surface area contributed by atoms with E-state index in [1.54, 1.807) is 19.1 Å². The lowest BCUT2D eigenvalue weighted by Gasteiger charge is -2.07. The Bertz CT molecular complexity index is 410. The molecule has 0 aromatic heterocycles. The molecule has 13 heavy (non-hydrogen) atoms. The Labute approximate surface area is 78.6 Å². The lowest BCUT2D eigenvalue weighted by atomic mass is 10.1. The molecule has 0 heterocycles. The van der Waals surface area contributed by atoms with E-state index in [-0.39, 0.29) is 4.90 Å². The summed E-state index contributed by atoms with van der Waals surface area (Å²) in [5, 5.41) is 5.11. The van der Waals surface area contributed by atoms with Crippen LogP contribution in [0.3, 0.4) is 0 Å². The topological polar surface area (TPSA) is 60.2 Å². The Balaban J connectivity index is 3.50. The number of sulfonamides is 1. The fourth-order valence-corrected chi connectivity index (χ4v) is 2.49. The molecule has 0 amide bonds. The van der Waals surface area contributed by atoms with Crippen LogP contribution >= 0.6 is 0 Å². The van der Waals surface area contributed by atoms with E-state index >= 15 is 0 Å². The zero-order chi connectivity index (χ0) is 10.1. The van der Waals surface area contributed by atoms with Crippen molar-refractivity contribution in [3.63, 3.8) is 0 Å². The van der Waals surface area contributed by atoms with E-state index in [4.69, 9.17) is 5.14 Å². The van der Waals surface area contributed by atoms with Crippen molar-refractivity contribution < 1.29 is 8.42 Å². The van der Waals surface area contributed by atoms with E-state index < -0.39 is 10.0 Å². The van der Waals surface area contributed by atoms with E-state index in [9.17, 15) is 8.42 Å². The summed E-state index contributed by atoms with van der Waals surface area (Å²) in [5.41, 5.74) is 1.49. The maximum atomic E-state index is 11.2. The van der Waals surface area contributed by atoms with Crippen molar-refractivity contribution in [2.45, 2.75) is 25.2 Å². The minimum Gasteiger partial charge on any atom is -0.225 e. The molecule has 0 spiro atoms. The molecule has 3 nitrogen and oxygen atoms in total. The minimum atomic E-state index is -3.58. The lowest BCUT2D eigenvalue weighted by Crippen LogP contribution is -2.15. The van der Waals surface area contributed by atoms with Crippen LogP contribution in [-0.4, -0.2) is 8.42 Å². The Hall–Kier alpha value is -0.870. The molecule has 0 aliphatic rings. The van der Waals surface area contributed by atoms with E-state index in [0.717, 1.165) is 5.56 Å². The van der Waals surface area contributed by atoms with Crippen LogP contribution in [0, 0.1) is 6.92 Å². The molecule has 0 aliphatic carbocycles. The van der Waals surface area contributed by atoms with Gasteiger partial charge in [-0.1, -0.05) is 25.1 Å². The summed E-state index contributed by atoms with van der Waals surface area (Å²) in [6.07, 6.45) is 0.674. The number of hydrogen-bond donors (Lipinski definition) is 1. The highest BCUT2D eigenvalue weighted by Crippen LogP contribution is 2.18. The van der Waals surface area contributed by atoms with Crippen LogP contribution in [0.2, 0.25) is 0 Å². The third kappa shape index (κ3) is 2.08. The van der Waals surface area contributed by atoms with Crippen molar-refractivity contribution >= 4 is 10.0 Å². The molecule has 1 aromatic carbocycles. The maximum Gasteiger partial charge on any atom is 0.238 e. The zero-order valence-electron chi connectivity index (χ0n) is 7.74.